The van der Waals surface area contributed by atoms with Gasteiger partial charge in [0.1, 0.15) is 11.5 Å². The van der Waals surface area contributed by atoms with E-state index in [1.54, 1.807) is 24.3 Å². The fourth-order valence-corrected chi connectivity index (χ4v) is 9.32. The van der Waals surface area contributed by atoms with Gasteiger partial charge in [-0.25, -0.2) is 9.80 Å². The number of ether oxygens (including phenoxy) is 2. The molecule has 5 aromatic rings. The molecule has 0 radical (unpaired) electrons. The lowest BCUT2D eigenvalue weighted by atomic mass is 9.85. The molecule has 4 aliphatic rings. The molecule has 0 aliphatic carbocycles. The van der Waals surface area contributed by atoms with Crippen molar-refractivity contribution >= 4 is 74.1 Å². The zero-order valence-electron chi connectivity index (χ0n) is 33.4. The molecule has 12 nitrogen and oxygen atoms in total. The van der Waals surface area contributed by atoms with Crippen LogP contribution in [0.1, 0.15) is 127 Å². The quantitative estimate of drug-likeness (QED) is 0.0900. The lowest BCUT2D eigenvalue weighted by molar-refractivity contribution is 0.0605. The highest BCUT2D eigenvalue weighted by molar-refractivity contribution is 6.40. The molecule has 1 fully saturated rings. The predicted molar refractivity (Wildman–Crippen MR) is 225 cm³/mol. The van der Waals surface area contributed by atoms with Crippen LogP contribution in [0.3, 0.4) is 0 Å². The smallest absolute Gasteiger partial charge is 0.266 e. The molecule has 4 heterocycles. The maximum Gasteiger partial charge on any atom is 0.266 e. The molecule has 0 atom stereocenters. The Balaban J connectivity index is 1.06. The van der Waals surface area contributed by atoms with E-state index in [0.29, 0.717) is 22.9 Å². The van der Waals surface area contributed by atoms with Crippen molar-refractivity contribution in [2.75, 3.05) is 48.6 Å². The summed E-state index contributed by atoms with van der Waals surface area (Å²) in [7, 11) is 2.73. The van der Waals surface area contributed by atoms with Crippen LogP contribution >= 0.6 is 0 Å². The molecule has 0 aromatic heterocycles. The average molecular weight is 793 g/mol. The van der Waals surface area contributed by atoms with Crippen molar-refractivity contribution in [3.8, 4) is 11.5 Å². The Morgan fingerprint density at radius 2 is 0.949 bits per heavy atom. The van der Waals surface area contributed by atoms with Gasteiger partial charge in [0.2, 0.25) is 0 Å². The number of nitrogens with zero attached hydrogens (tertiary/aromatic N) is 4. The van der Waals surface area contributed by atoms with Crippen molar-refractivity contribution in [2.45, 2.75) is 64.7 Å². The van der Waals surface area contributed by atoms with E-state index in [-0.39, 0.29) is 62.4 Å². The fourth-order valence-electron chi connectivity index (χ4n) is 9.32. The van der Waals surface area contributed by atoms with E-state index in [1.807, 2.05) is 18.2 Å². The number of carbonyl (C=O) groups is 6. The number of hydrogen-bond donors (Lipinski definition) is 0. The molecule has 1 saturated heterocycles. The largest absolute Gasteiger partial charge is 0.494 e. The summed E-state index contributed by atoms with van der Waals surface area (Å²) in [5.41, 5.74) is 2.59. The molecule has 0 spiro atoms. The first-order chi connectivity index (χ1) is 28.7. The molecule has 9 rings (SSSR count). The van der Waals surface area contributed by atoms with E-state index in [1.165, 1.54) is 49.8 Å². The van der Waals surface area contributed by atoms with Crippen molar-refractivity contribution in [1.82, 2.24) is 4.90 Å². The summed E-state index contributed by atoms with van der Waals surface area (Å²) >= 11 is 0. The van der Waals surface area contributed by atoms with E-state index in [0.717, 1.165) is 78.9 Å². The molecule has 300 valence electrons. The molecule has 0 bridgehead atoms. The Morgan fingerprint density at radius 1 is 0.492 bits per heavy atom. The number of carbonyl (C=O) groups excluding carboxylic acids is 6. The molecule has 12 heteroatoms. The average Bonchev–Trinajstić information content (AvgIpc) is 3.26. The normalized spacial score (nSPS) is 16.3. The molecule has 59 heavy (non-hydrogen) atoms. The third-order valence-electron chi connectivity index (χ3n) is 12.3. The number of rotatable bonds is 12. The molecule has 6 amide bonds. The minimum Gasteiger partial charge on any atom is -0.494 e. The molecule has 4 aliphatic heterocycles. The highest BCUT2D eigenvalue weighted by Crippen LogP contribution is 2.47. The van der Waals surface area contributed by atoms with Crippen molar-refractivity contribution in [3.05, 3.63) is 100 Å². The Labute approximate surface area is 341 Å². The highest BCUT2D eigenvalue weighted by Gasteiger charge is 2.42. The highest BCUT2D eigenvalue weighted by atomic mass is 16.5. The van der Waals surface area contributed by atoms with Gasteiger partial charge in [-0.2, -0.15) is 0 Å². The molecular weight excluding hydrogens is 749 g/mol. The first kappa shape index (κ1) is 38.0. The second kappa shape index (κ2) is 15.0. The third kappa shape index (κ3) is 5.86. The Hall–Kier alpha value is -6.56. The van der Waals surface area contributed by atoms with Crippen LogP contribution in [-0.4, -0.2) is 74.2 Å². The topological polar surface area (TPSA) is 134 Å². The van der Waals surface area contributed by atoms with Crippen LogP contribution in [-0.2, 0) is 0 Å². The van der Waals surface area contributed by atoms with Crippen LogP contribution in [0.25, 0.3) is 21.5 Å². The second-order valence-corrected chi connectivity index (χ2v) is 15.6. The Bertz CT molecular complexity index is 2570. The number of hydrogen-bond acceptors (Lipinski definition) is 9. The molecule has 0 N–H and O–H groups in total. The first-order valence-electron chi connectivity index (χ1n) is 20.5. The Kier molecular flexibility index (Phi) is 9.65. The first-order valence-corrected chi connectivity index (χ1v) is 20.5. The fraction of sp³-hybridized carbons (Fsp3) is 0.319. The van der Waals surface area contributed by atoms with Gasteiger partial charge in [-0.15, -0.1) is 0 Å². The number of benzene rings is 5. The van der Waals surface area contributed by atoms with Gasteiger partial charge in [-0.3, -0.25) is 33.7 Å². The molecule has 0 saturated carbocycles. The van der Waals surface area contributed by atoms with Crippen molar-refractivity contribution in [1.29, 1.82) is 0 Å². The van der Waals surface area contributed by atoms with E-state index in [9.17, 15) is 28.8 Å². The Morgan fingerprint density at radius 3 is 1.47 bits per heavy atom. The summed E-state index contributed by atoms with van der Waals surface area (Å²) in [4.78, 5) is 90.8. The summed E-state index contributed by atoms with van der Waals surface area (Å²) in [5.74, 6) is -3.35. The number of amides is 6. The number of imide groups is 3. The standard InChI is InChI=1S/C47H44N4O8/c1-4-5-6-7-8-12-24-49-42(52)30-16-18-32-41-33(19-17-31(40(30)41)43(49)53)47(57)51(46(32)56)36-26-37(58-2)35(25-38(36)59-3)50-44(54)28-15-13-14-27-34(48-22-10-9-11-23-48)21-20-29(39(27)28)45(50)55/h13-21,25-26H,4-12,22-24H2,1-3H3. The lowest BCUT2D eigenvalue weighted by Gasteiger charge is -2.34. The minimum absolute atomic E-state index is 0.0185. The van der Waals surface area contributed by atoms with Gasteiger partial charge < -0.3 is 14.4 Å². The van der Waals surface area contributed by atoms with Crippen LogP contribution in [0.15, 0.2) is 66.7 Å². The van der Waals surface area contributed by atoms with Gasteiger partial charge in [0.25, 0.3) is 35.4 Å². The summed E-state index contributed by atoms with van der Waals surface area (Å²) < 4.78 is 11.6. The number of unbranched alkanes of at least 4 members (excludes halogenated alkanes) is 5. The van der Waals surface area contributed by atoms with Crippen molar-refractivity contribution in [3.63, 3.8) is 0 Å². The van der Waals surface area contributed by atoms with E-state index < -0.39 is 35.4 Å². The summed E-state index contributed by atoms with van der Waals surface area (Å²) in [5, 5.41) is 1.97. The van der Waals surface area contributed by atoms with Gasteiger partial charge in [-0.1, -0.05) is 51.2 Å². The number of piperidine rings is 1. The van der Waals surface area contributed by atoms with E-state index in [2.05, 4.69) is 11.8 Å². The third-order valence-corrected chi connectivity index (χ3v) is 12.3. The predicted octanol–water partition coefficient (Wildman–Crippen LogP) is 8.56. The van der Waals surface area contributed by atoms with E-state index in [4.69, 9.17) is 9.47 Å². The van der Waals surface area contributed by atoms with Gasteiger partial charge in [0.05, 0.1) is 25.6 Å². The van der Waals surface area contributed by atoms with Gasteiger partial charge in [0, 0.05) is 92.4 Å². The number of methoxy groups -OCH3 is 2. The van der Waals surface area contributed by atoms with Crippen LogP contribution in [0.4, 0.5) is 17.1 Å². The van der Waals surface area contributed by atoms with Crippen molar-refractivity contribution in [2.24, 2.45) is 0 Å². The minimum atomic E-state index is -0.705. The summed E-state index contributed by atoms with van der Waals surface area (Å²) in [6.07, 6.45) is 9.32. The van der Waals surface area contributed by atoms with Crippen molar-refractivity contribution < 1.29 is 38.2 Å². The summed E-state index contributed by atoms with van der Waals surface area (Å²) in [6.45, 7) is 4.24. The van der Waals surface area contributed by atoms with E-state index >= 15 is 0 Å². The zero-order chi connectivity index (χ0) is 41.1. The lowest BCUT2D eigenvalue weighted by Crippen LogP contribution is -2.44. The monoisotopic (exact) mass is 792 g/mol. The second-order valence-electron chi connectivity index (χ2n) is 15.6. The van der Waals surface area contributed by atoms with Gasteiger partial charge in [0.15, 0.2) is 0 Å². The van der Waals surface area contributed by atoms with Crippen LogP contribution in [0, 0.1) is 0 Å². The van der Waals surface area contributed by atoms with Gasteiger partial charge in [-0.05, 0) is 68.1 Å². The molecule has 0 unspecified atom stereocenters. The van der Waals surface area contributed by atoms with Crippen LogP contribution in [0.5, 0.6) is 11.5 Å². The maximum absolute atomic E-state index is 14.5. The molecule has 5 aromatic carbocycles. The van der Waals surface area contributed by atoms with Crippen LogP contribution in [0.2, 0.25) is 0 Å². The SMILES string of the molecule is CCCCCCCCN1C(=O)c2ccc3c4c(ccc(c24)C1=O)C(=O)N(c1cc(OC)c(N2C(=O)c4cccc5c(N6CCCCC6)ccc(c45)C2=O)cc1OC)C3=O. The number of anilines is 3. The molecular formula is C47H44N4O8. The van der Waals surface area contributed by atoms with Crippen LogP contribution < -0.4 is 24.2 Å². The maximum atomic E-state index is 14.5. The zero-order valence-corrected chi connectivity index (χ0v) is 33.4. The summed E-state index contributed by atoms with van der Waals surface area (Å²) in [6, 6.07) is 18.1. The van der Waals surface area contributed by atoms with Gasteiger partial charge >= 0.3 is 0 Å².